The molecule has 0 rings (SSSR count). The monoisotopic (exact) mass is 418 g/mol. The molecule has 0 aromatic heterocycles. The van der Waals surface area contributed by atoms with Crippen LogP contribution in [0.15, 0.2) is 0 Å². The molecule has 0 bridgehead atoms. The quantitative estimate of drug-likeness (QED) is 0.307. The molecule has 0 radical (unpaired) electrons. The smallest absolute Gasteiger partial charge is 0.461 e. The second kappa shape index (κ2) is 7.94. The number of rotatable bonds is 7. The molecule has 0 aliphatic heterocycles. The maximum Gasteiger partial charge on any atom is 0.465 e. The topological polar surface area (TPSA) is 159 Å². The molecule has 0 fully saturated rings. The van der Waals surface area contributed by atoms with Crippen molar-refractivity contribution in [2.24, 2.45) is 22.3 Å². The van der Waals surface area contributed by atoms with Gasteiger partial charge in [-0.15, -0.1) is 0 Å². The highest BCUT2D eigenvalue weighted by atomic mass is 32.2. The van der Waals surface area contributed by atoms with Crippen molar-refractivity contribution in [1.82, 2.24) is 0 Å². The minimum absolute atomic E-state index is 0.578. The minimum Gasteiger partial charge on any atom is -0.461 e. The second-order valence-corrected chi connectivity index (χ2v) is 9.69. The molecule has 0 aromatic rings. The fourth-order valence-corrected chi connectivity index (χ4v) is 2.43. The maximum atomic E-state index is 13.0. The summed E-state index contributed by atoms with van der Waals surface area (Å²) in [6.07, 6.45) is 0. The Hall–Kier alpha value is -1.37. The van der Waals surface area contributed by atoms with Crippen LogP contribution in [0.5, 0.6) is 0 Å². The molecule has 0 aromatic carbocycles. The lowest BCUT2D eigenvalue weighted by Crippen LogP contribution is -2.71. The first-order chi connectivity index (χ1) is 11.7. The number of carbonyl (C=O) groups excluding carboxylic acids is 2. The Morgan fingerprint density at radius 3 is 1.67 bits per heavy atom. The molecule has 0 spiro atoms. The third-order valence-corrected chi connectivity index (χ3v) is 4.93. The average molecular weight is 418 g/mol. The van der Waals surface area contributed by atoms with Gasteiger partial charge >= 0.3 is 27.3 Å². The zero-order valence-corrected chi connectivity index (χ0v) is 17.0. The summed E-state index contributed by atoms with van der Waals surface area (Å²) in [7, 11) is -5.98. The second-order valence-electron chi connectivity index (χ2n) is 8.23. The molecule has 2 atom stereocenters. The van der Waals surface area contributed by atoms with Gasteiger partial charge in [-0.1, -0.05) is 41.5 Å². The van der Waals surface area contributed by atoms with Gasteiger partial charge in [-0.25, -0.2) is 9.59 Å². The van der Waals surface area contributed by atoms with E-state index in [9.17, 15) is 26.8 Å². The number of alkyl halides is 2. The average Bonchev–Trinajstić information content (AvgIpc) is 2.45. The Morgan fingerprint density at radius 1 is 1.00 bits per heavy atom. The number of carbonyl (C=O) groups is 2. The van der Waals surface area contributed by atoms with Crippen molar-refractivity contribution in [1.29, 1.82) is 0 Å². The van der Waals surface area contributed by atoms with Crippen LogP contribution in [0, 0.1) is 10.8 Å². The van der Waals surface area contributed by atoms with Crippen molar-refractivity contribution in [3.8, 4) is 0 Å². The van der Waals surface area contributed by atoms with Crippen molar-refractivity contribution in [2.45, 2.75) is 58.4 Å². The lowest BCUT2D eigenvalue weighted by atomic mass is 9.63. The lowest BCUT2D eigenvalue weighted by Gasteiger charge is -2.47. The molecule has 0 saturated heterocycles. The Bertz CT molecular complexity index is 669. The van der Waals surface area contributed by atoms with Gasteiger partial charge in [0.1, 0.15) is 18.8 Å². The van der Waals surface area contributed by atoms with E-state index in [1.165, 1.54) is 0 Å². The zero-order valence-electron chi connectivity index (χ0n) is 16.2. The Kier molecular flexibility index (Phi) is 7.53. The normalized spacial score (nSPS) is 17.0. The Labute approximate surface area is 157 Å². The van der Waals surface area contributed by atoms with Gasteiger partial charge in [0.15, 0.2) is 0 Å². The van der Waals surface area contributed by atoms with Gasteiger partial charge in [0, 0.05) is 6.04 Å². The van der Waals surface area contributed by atoms with Crippen molar-refractivity contribution in [3.05, 3.63) is 0 Å². The minimum atomic E-state index is -5.98. The molecule has 0 amide bonds. The van der Waals surface area contributed by atoms with Crippen molar-refractivity contribution in [3.63, 3.8) is 0 Å². The summed E-state index contributed by atoms with van der Waals surface area (Å²) in [6, 6.07) is -0.844. The summed E-state index contributed by atoms with van der Waals surface area (Å²) in [5.41, 5.74) is 9.37. The van der Waals surface area contributed by atoms with Crippen molar-refractivity contribution < 1.29 is 40.8 Å². The largest absolute Gasteiger partial charge is 0.465 e. The summed E-state index contributed by atoms with van der Waals surface area (Å²) in [4.78, 5) is 23.6. The van der Waals surface area contributed by atoms with Crippen molar-refractivity contribution in [2.75, 3.05) is 13.2 Å². The van der Waals surface area contributed by atoms with Crippen LogP contribution in [0.25, 0.3) is 0 Å². The fourth-order valence-electron chi connectivity index (χ4n) is 2.16. The molecule has 0 aliphatic carbocycles. The highest BCUT2D eigenvalue weighted by molar-refractivity contribution is 7.87. The third-order valence-electron chi connectivity index (χ3n) is 4.11. The third kappa shape index (κ3) is 5.56. The number of nitrogens with two attached hydrogens (primary N) is 2. The first kappa shape index (κ1) is 25.6. The van der Waals surface area contributed by atoms with Crippen molar-refractivity contribution >= 4 is 22.1 Å². The SMILES string of the molecule is CC(C)(C)C(N)C(N)(C(=O)OCCOC(=O)C(F)(F)S(=O)(=O)O)C(C)(C)C. The molecular formula is C15H28F2N2O7S. The molecule has 0 saturated carbocycles. The summed E-state index contributed by atoms with van der Waals surface area (Å²) >= 11 is 0. The van der Waals surface area contributed by atoms with Crippen LogP contribution in [0.3, 0.4) is 0 Å². The van der Waals surface area contributed by atoms with E-state index in [1.54, 1.807) is 41.5 Å². The standard InChI is InChI=1S/C15H28F2N2O7S/c1-12(2,3)9(18)14(19,13(4,5)6)10(20)25-7-8-26-11(21)15(16,17)27(22,23)24/h9H,7-8,18-19H2,1-6H3,(H,22,23,24). The molecule has 0 aliphatic rings. The van der Waals surface area contributed by atoms with Crippen LogP contribution in [0.1, 0.15) is 41.5 Å². The highest BCUT2D eigenvalue weighted by Gasteiger charge is 2.55. The molecule has 160 valence electrons. The van der Waals surface area contributed by atoms with Crippen LogP contribution in [-0.2, 0) is 29.2 Å². The van der Waals surface area contributed by atoms with E-state index < -0.39 is 62.9 Å². The Balaban J connectivity index is 5.10. The molecule has 2 unspecified atom stereocenters. The number of hydrogen-bond donors (Lipinski definition) is 3. The fraction of sp³-hybridized carbons (Fsp3) is 0.867. The first-order valence-corrected chi connectivity index (χ1v) is 9.38. The van der Waals surface area contributed by atoms with E-state index in [0.29, 0.717) is 0 Å². The van der Waals surface area contributed by atoms with Gasteiger partial charge in [-0.2, -0.15) is 17.2 Å². The number of esters is 2. The van der Waals surface area contributed by atoms with E-state index in [4.69, 9.17) is 20.8 Å². The summed E-state index contributed by atoms with van der Waals surface area (Å²) in [6.45, 7) is 8.80. The Morgan fingerprint density at radius 2 is 1.37 bits per heavy atom. The highest BCUT2D eigenvalue weighted by Crippen LogP contribution is 2.38. The van der Waals surface area contributed by atoms with E-state index >= 15 is 0 Å². The predicted molar refractivity (Wildman–Crippen MR) is 92.2 cm³/mol. The molecule has 5 N–H and O–H groups in total. The first-order valence-electron chi connectivity index (χ1n) is 7.94. The van der Waals surface area contributed by atoms with Gasteiger partial charge in [-0.3, -0.25) is 4.55 Å². The van der Waals surface area contributed by atoms with Crippen LogP contribution < -0.4 is 11.5 Å². The number of hydrogen-bond acceptors (Lipinski definition) is 8. The van der Waals surface area contributed by atoms with E-state index in [1.807, 2.05) is 0 Å². The number of ether oxygens (including phenoxy) is 2. The summed E-state index contributed by atoms with van der Waals surface area (Å²) in [5, 5.41) is -5.13. The molecule has 0 heterocycles. The predicted octanol–water partition coefficient (Wildman–Crippen LogP) is 0.670. The van der Waals surface area contributed by atoms with Gasteiger partial charge in [0.25, 0.3) is 0 Å². The molecule has 9 nitrogen and oxygen atoms in total. The molecule has 12 heteroatoms. The number of halogens is 2. The van der Waals surface area contributed by atoms with Crippen LogP contribution in [0.4, 0.5) is 8.78 Å². The van der Waals surface area contributed by atoms with Crippen LogP contribution in [-0.4, -0.2) is 55.0 Å². The van der Waals surface area contributed by atoms with E-state index in [2.05, 4.69) is 4.74 Å². The van der Waals surface area contributed by atoms with Gasteiger partial charge in [0.05, 0.1) is 0 Å². The zero-order chi connectivity index (χ0) is 22.1. The van der Waals surface area contributed by atoms with Gasteiger partial charge < -0.3 is 20.9 Å². The van der Waals surface area contributed by atoms with E-state index in [-0.39, 0.29) is 0 Å². The van der Waals surface area contributed by atoms with E-state index in [0.717, 1.165) is 0 Å². The summed E-state index contributed by atoms with van der Waals surface area (Å²) in [5.74, 6) is -3.43. The molecular weight excluding hydrogens is 390 g/mol. The van der Waals surface area contributed by atoms with Gasteiger partial charge in [0.2, 0.25) is 0 Å². The van der Waals surface area contributed by atoms with Crippen LogP contribution >= 0.6 is 0 Å². The maximum absolute atomic E-state index is 13.0. The molecule has 27 heavy (non-hydrogen) atoms. The summed E-state index contributed by atoms with van der Waals surface area (Å²) < 4.78 is 64.2. The van der Waals surface area contributed by atoms with Crippen LogP contribution in [0.2, 0.25) is 0 Å². The lowest BCUT2D eigenvalue weighted by molar-refractivity contribution is -0.168. The van der Waals surface area contributed by atoms with Gasteiger partial charge in [-0.05, 0) is 10.8 Å².